The fourth-order valence-electron chi connectivity index (χ4n) is 2.13. The Hall–Kier alpha value is -1.11. The Morgan fingerprint density at radius 1 is 0.889 bits per heavy atom. The first kappa shape index (κ1) is 14.9. The molecule has 0 N–H and O–H groups in total. The molecule has 0 spiro atoms. The van der Waals surface area contributed by atoms with Crippen molar-refractivity contribution in [3.63, 3.8) is 0 Å². The molecule has 1 rings (SSSR count). The van der Waals surface area contributed by atoms with Crippen molar-refractivity contribution in [3.8, 4) is 0 Å². The number of unbranched alkanes of at least 4 members (excludes halogenated alkanes) is 4. The Bertz CT molecular complexity index is 337. The van der Waals surface area contributed by atoms with Crippen molar-refractivity contribution in [2.45, 2.75) is 65.2 Å². The lowest BCUT2D eigenvalue weighted by Gasteiger charge is -2.03. The van der Waals surface area contributed by atoms with Crippen LogP contribution in [0.15, 0.2) is 24.3 Å². The van der Waals surface area contributed by atoms with Gasteiger partial charge < -0.3 is 0 Å². The van der Waals surface area contributed by atoms with Crippen LogP contribution in [0.4, 0.5) is 0 Å². The molecule has 0 heterocycles. The molecule has 1 nitrogen and oxygen atoms in total. The van der Waals surface area contributed by atoms with Crippen LogP contribution in [-0.4, -0.2) is 5.78 Å². The molecule has 18 heavy (non-hydrogen) atoms. The van der Waals surface area contributed by atoms with Crippen LogP contribution in [0.25, 0.3) is 0 Å². The minimum Gasteiger partial charge on any atom is -0.299 e. The van der Waals surface area contributed by atoms with Crippen molar-refractivity contribution < 1.29 is 4.79 Å². The van der Waals surface area contributed by atoms with Crippen LogP contribution < -0.4 is 0 Å². The maximum atomic E-state index is 11.8. The summed E-state index contributed by atoms with van der Waals surface area (Å²) < 4.78 is 0. The number of carbonyl (C=O) groups is 1. The quantitative estimate of drug-likeness (QED) is 0.576. The Morgan fingerprint density at radius 2 is 1.50 bits per heavy atom. The van der Waals surface area contributed by atoms with E-state index >= 15 is 0 Å². The summed E-state index contributed by atoms with van der Waals surface area (Å²) >= 11 is 0. The van der Waals surface area contributed by atoms with Crippen LogP contribution in [0.2, 0.25) is 0 Å². The molecule has 0 saturated heterocycles. The van der Waals surface area contributed by atoms with Gasteiger partial charge in [0.2, 0.25) is 0 Å². The summed E-state index contributed by atoms with van der Waals surface area (Å²) in [5.41, 5.74) is 2.50. The topological polar surface area (TPSA) is 17.1 Å². The zero-order chi connectivity index (χ0) is 13.2. The van der Waals surface area contributed by atoms with Crippen molar-refractivity contribution in [2.24, 2.45) is 0 Å². The second-order valence-electron chi connectivity index (χ2n) is 5.05. The highest BCUT2D eigenvalue weighted by atomic mass is 16.1. The maximum Gasteiger partial charge on any atom is 0.137 e. The summed E-state index contributed by atoms with van der Waals surface area (Å²) in [5.74, 6) is 0.385. The van der Waals surface area contributed by atoms with E-state index in [1.54, 1.807) is 0 Å². The summed E-state index contributed by atoms with van der Waals surface area (Å²) in [6.07, 6.45) is 8.52. The number of hydrogen-bond acceptors (Lipinski definition) is 1. The molecule has 0 aromatic heterocycles. The lowest BCUT2D eigenvalue weighted by molar-refractivity contribution is -0.118. The predicted octanol–water partition coefficient (Wildman–Crippen LogP) is 4.72. The molecular formula is C17H26O. The number of carbonyl (C=O) groups excluding carboxylic acids is 1. The van der Waals surface area contributed by atoms with Gasteiger partial charge >= 0.3 is 0 Å². The van der Waals surface area contributed by atoms with Gasteiger partial charge in [0.25, 0.3) is 0 Å². The van der Waals surface area contributed by atoms with Crippen LogP contribution in [0.5, 0.6) is 0 Å². The van der Waals surface area contributed by atoms with Crippen molar-refractivity contribution >= 4 is 5.78 Å². The normalized spacial score (nSPS) is 10.6. The third-order valence-electron chi connectivity index (χ3n) is 3.39. The first-order chi connectivity index (χ1) is 8.76. The zero-order valence-electron chi connectivity index (χ0n) is 11.9. The van der Waals surface area contributed by atoms with Gasteiger partial charge in [-0.1, -0.05) is 63.8 Å². The lowest BCUT2D eigenvalue weighted by Crippen LogP contribution is -2.02. The van der Waals surface area contributed by atoms with Gasteiger partial charge in [-0.05, 0) is 24.0 Å². The van der Waals surface area contributed by atoms with Crippen LogP contribution >= 0.6 is 0 Å². The van der Waals surface area contributed by atoms with E-state index in [1.807, 2.05) is 0 Å². The molecule has 0 aliphatic heterocycles. The van der Waals surface area contributed by atoms with Gasteiger partial charge in [-0.15, -0.1) is 0 Å². The van der Waals surface area contributed by atoms with Crippen molar-refractivity contribution in [2.75, 3.05) is 0 Å². The van der Waals surface area contributed by atoms with Crippen LogP contribution in [0.3, 0.4) is 0 Å². The number of ketones is 1. The van der Waals surface area contributed by atoms with Gasteiger partial charge in [0, 0.05) is 12.8 Å². The largest absolute Gasteiger partial charge is 0.299 e. The third kappa shape index (κ3) is 6.00. The highest BCUT2D eigenvalue weighted by Crippen LogP contribution is 2.10. The van der Waals surface area contributed by atoms with Crippen molar-refractivity contribution in [1.82, 2.24) is 0 Å². The standard InChI is InChI=1S/C17H26O/c1-3-5-6-7-8-9-17(18)14-16-12-10-15(4-2)11-13-16/h10-13H,3-9,14H2,1-2H3. The van der Waals surface area contributed by atoms with Crippen molar-refractivity contribution in [3.05, 3.63) is 35.4 Å². The van der Waals surface area contributed by atoms with Crippen molar-refractivity contribution in [1.29, 1.82) is 0 Å². The maximum absolute atomic E-state index is 11.8. The second-order valence-corrected chi connectivity index (χ2v) is 5.05. The summed E-state index contributed by atoms with van der Waals surface area (Å²) in [7, 11) is 0. The van der Waals surface area contributed by atoms with Gasteiger partial charge in [-0.25, -0.2) is 0 Å². The van der Waals surface area contributed by atoms with E-state index in [0.717, 1.165) is 24.8 Å². The highest BCUT2D eigenvalue weighted by molar-refractivity contribution is 5.80. The highest BCUT2D eigenvalue weighted by Gasteiger charge is 2.03. The number of rotatable bonds is 9. The summed E-state index contributed by atoms with van der Waals surface area (Å²) in [5, 5.41) is 0. The van der Waals surface area contributed by atoms with E-state index in [1.165, 1.54) is 31.2 Å². The average molecular weight is 246 g/mol. The molecule has 0 atom stereocenters. The fourth-order valence-corrected chi connectivity index (χ4v) is 2.13. The van der Waals surface area contributed by atoms with Crippen LogP contribution in [-0.2, 0) is 17.6 Å². The molecule has 1 heteroatoms. The summed E-state index contributed by atoms with van der Waals surface area (Å²) in [6, 6.07) is 8.44. The van der Waals surface area contributed by atoms with E-state index in [9.17, 15) is 4.79 Å². The summed E-state index contributed by atoms with van der Waals surface area (Å²) in [6.45, 7) is 4.36. The molecule has 0 aliphatic carbocycles. The number of benzene rings is 1. The van der Waals surface area contributed by atoms with Gasteiger partial charge in [0.1, 0.15) is 5.78 Å². The predicted molar refractivity (Wildman–Crippen MR) is 77.9 cm³/mol. The minimum absolute atomic E-state index is 0.385. The first-order valence-corrected chi connectivity index (χ1v) is 7.35. The molecule has 0 unspecified atom stereocenters. The molecule has 0 fully saturated rings. The molecule has 100 valence electrons. The smallest absolute Gasteiger partial charge is 0.137 e. The second kappa shape index (κ2) is 8.91. The van der Waals surface area contributed by atoms with E-state index in [4.69, 9.17) is 0 Å². The van der Waals surface area contributed by atoms with E-state index in [0.29, 0.717) is 12.2 Å². The molecular weight excluding hydrogens is 220 g/mol. The molecule has 0 radical (unpaired) electrons. The first-order valence-electron chi connectivity index (χ1n) is 7.35. The van der Waals surface area contributed by atoms with Gasteiger partial charge in [0.05, 0.1) is 0 Å². The zero-order valence-corrected chi connectivity index (χ0v) is 11.9. The molecule has 0 aliphatic rings. The molecule has 0 bridgehead atoms. The number of hydrogen-bond donors (Lipinski definition) is 0. The average Bonchev–Trinajstić information content (AvgIpc) is 2.39. The molecule has 1 aromatic rings. The van der Waals surface area contributed by atoms with E-state index < -0.39 is 0 Å². The SMILES string of the molecule is CCCCCCCC(=O)Cc1ccc(CC)cc1. The fraction of sp³-hybridized carbons (Fsp3) is 0.588. The molecule has 0 saturated carbocycles. The molecule has 1 aromatic carbocycles. The van der Waals surface area contributed by atoms with Gasteiger partial charge in [-0.3, -0.25) is 4.79 Å². The van der Waals surface area contributed by atoms with Crippen LogP contribution in [0.1, 0.15) is 63.5 Å². The van der Waals surface area contributed by atoms with E-state index in [-0.39, 0.29) is 0 Å². The Balaban J connectivity index is 2.22. The Morgan fingerprint density at radius 3 is 2.11 bits per heavy atom. The summed E-state index contributed by atoms with van der Waals surface area (Å²) in [4.78, 5) is 11.8. The van der Waals surface area contributed by atoms with Gasteiger partial charge in [0.15, 0.2) is 0 Å². The Labute approximate surface area is 112 Å². The van der Waals surface area contributed by atoms with E-state index in [2.05, 4.69) is 38.1 Å². The monoisotopic (exact) mass is 246 g/mol. The number of Topliss-reactive ketones (excluding diaryl/α,β-unsaturated/α-hetero) is 1. The van der Waals surface area contributed by atoms with Crippen LogP contribution in [0, 0.1) is 0 Å². The third-order valence-corrected chi connectivity index (χ3v) is 3.39. The lowest BCUT2D eigenvalue weighted by atomic mass is 10.0. The van der Waals surface area contributed by atoms with Gasteiger partial charge in [-0.2, -0.15) is 0 Å². The Kier molecular flexibility index (Phi) is 7.40. The number of aryl methyl sites for hydroxylation is 1. The minimum atomic E-state index is 0.385. The molecule has 0 amide bonds.